The Morgan fingerprint density at radius 2 is 2.10 bits per heavy atom. The first-order valence-electron chi connectivity index (χ1n) is 2.13. The Morgan fingerprint density at radius 3 is 2.40 bits per heavy atom. The molecule has 0 heterocycles. The van der Waals surface area contributed by atoms with Gasteiger partial charge < -0.3 is 4.74 Å². The fraction of sp³-hybridized carbons (Fsp3) is 0.200. The number of rotatable bonds is 2. The fourth-order valence-corrected chi connectivity index (χ4v) is 0.181. The number of esters is 2. The second-order valence-electron chi connectivity index (χ2n) is 1.13. The first-order chi connectivity index (χ1) is 4.20. The van der Waals surface area contributed by atoms with Crippen molar-refractivity contribution in [3.05, 3.63) is 12.7 Å². The topological polar surface area (TPSA) is 43.4 Å². The molecule has 5 heteroatoms. The van der Waals surface area contributed by atoms with E-state index in [-0.39, 0.29) is 17.1 Å². The van der Waals surface area contributed by atoms with Crippen molar-refractivity contribution in [3.8, 4) is 0 Å². The van der Waals surface area contributed by atoms with Gasteiger partial charge in [0.2, 0.25) is 0 Å². The molecule has 0 rings (SSSR count). The average molecular weight is 196 g/mol. The Bertz CT molecular complexity index is 146. The summed E-state index contributed by atoms with van der Waals surface area (Å²) in [6.07, 6.45) is 0.785. The van der Waals surface area contributed by atoms with E-state index in [1.165, 1.54) is 0 Å². The summed E-state index contributed by atoms with van der Waals surface area (Å²) >= 11 is 0. The van der Waals surface area contributed by atoms with Crippen LogP contribution in [0.15, 0.2) is 12.7 Å². The molecule has 10 heavy (non-hydrogen) atoms. The van der Waals surface area contributed by atoms with Gasteiger partial charge in [-0.2, -0.15) is 0 Å². The zero-order valence-electron chi connectivity index (χ0n) is 4.90. The molecule has 0 aliphatic rings. The van der Waals surface area contributed by atoms with Gasteiger partial charge in [-0.05, 0) is 0 Å². The van der Waals surface area contributed by atoms with Crippen molar-refractivity contribution in [2.75, 3.05) is 6.67 Å². The number of carbonyl (C=O) groups excluding carboxylic acids is 2. The van der Waals surface area contributed by atoms with Crippen LogP contribution in [0.3, 0.4) is 0 Å². The average Bonchev–Trinajstić information content (AvgIpc) is 1.87. The molecule has 0 fully saturated rings. The van der Waals surface area contributed by atoms with Crippen LogP contribution in [-0.2, 0) is 31.4 Å². The summed E-state index contributed by atoms with van der Waals surface area (Å²) in [5.74, 6) is -2.13. The predicted molar refractivity (Wildman–Crippen MR) is 27.3 cm³/mol. The number of hydrogen-bond acceptors (Lipinski definition) is 3. The normalized spacial score (nSPS) is 7.30. The van der Waals surface area contributed by atoms with Crippen LogP contribution in [0, 0.1) is 0 Å². The smallest absolute Gasteiger partial charge is 0.345 e. The van der Waals surface area contributed by atoms with Gasteiger partial charge in [0.1, 0.15) is 0 Å². The van der Waals surface area contributed by atoms with Crippen LogP contribution < -0.4 is 0 Å². The third-order valence-corrected chi connectivity index (χ3v) is 0.490. The molecule has 61 valence electrons. The van der Waals surface area contributed by atoms with E-state index >= 15 is 0 Å². The van der Waals surface area contributed by atoms with Crippen LogP contribution in [0.5, 0.6) is 0 Å². The van der Waals surface area contributed by atoms with E-state index in [0.717, 1.165) is 6.08 Å². The molecule has 0 saturated heterocycles. The Hall–Kier alpha value is -0.671. The van der Waals surface area contributed by atoms with Gasteiger partial charge in [-0.1, -0.05) is 6.58 Å². The van der Waals surface area contributed by atoms with Gasteiger partial charge >= 0.3 is 11.9 Å². The van der Waals surface area contributed by atoms with Crippen LogP contribution in [0.4, 0.5) is 4.39 Å². The minimum Gasteiger partial charge on any atom is -0.388 e. The van der Waals surface area contributed by atoms with Crippen molar-refractivity contribution in [1.82, 2.24) is 0 Å². The van der Waals surface area contributed by atoms with Crippen molar-refractivity contribution in [1.29, 1.82) is 0 Å². The Morgan fingerprint density at radius 1 is 1.60 bits per heavy atom. The largest absolute Gasteiger partial charge is 0.388 e. The molecular weight excluding hydrogens is 191 g/mol. The number of hydrogen-bond donors (Lipinski definition) is 0. The number of halogens is 1. The molecule has 0 aromatic heterocycles. The summed E-state index contributed by atoms with van der Waals surface area (Å²) in [5.41, 5.74) is 0. The van der Waals surface area contributed by atoms with Crippen molar-refractivity contribution >= 4 is 11.9 Å². The molecular formula is C5H5CuFO3. The van der Waals surface area contributed by atoms with E-state index in [1.807, 2.05) is 0 Å². The van der Waals surface area contributed by atoms with Gasteiger partial charge in [0, 0.05) is 23.1 Å². The van der Waals surface area contributed by atoms with Crippen LogP contribution in [0.2, 0.25) is 0 Å². The minimum absolute atomic E-state index is 0. The summed E-state index contributed by atoms with van der Waals surface area (Å²) in [6, 6.07) is 0. The van der Waals surface area contributed by atoms with Crippen molar-refractivity contribution in [2.24, 2.45) is 0 Å². The van der Waals surface area contributed by atoms with Crippen molar-refractivity contribution in [3.63, 3.8) is 0 Å². The number of alkyl halides is 1. The van der Waals surface area contributed by atoms with Gasteiger partial charge in [0.15, 0.2) is 6.67 Å². The second-order valence-corrected chi connectivity index (χ2v) is 1.13. The molecule has 0 aromatic carbocycles. The van der Waals surface area contributed by atoms with Crippen molar-refractivity contribution < 1.29 is 35.8 Å². The Labute approximate surface area is 67.7 Å². The summed E-state index contributed by atoms with van der Waals surface area (Å²) in [7, 11) is 0. The van der Waals surface area contributed by atoms with E-state index in [4.69, 9.17) is 0 Å². The van der Waals surface area contributed by atoms with Crippen LogP contribution in [-0.4, -0.2) is 18.6 Å². The Balaban J connectivity index is 0. The third kappa shape index (κ3) is 5.47. The quantitative estimate of drug-likeness (QED) is 0.274. The van der Waals surface area contributed by atoms with E-state index < -0.39 is 18.6 Å². The molecule has 0 bridgehead atoms. The van der Waals surface area contributed by atoms with Crippen molar-refractivity contribution in [2.45, 2.75) is 0 Å². The zero-order chi connectivity index (χ0) is 7.28. The maximum absolute atomic E-state index is 11.2. The number of carbonyl (C=O) groups is 2. The monoisotopic (exact) mass is 195 g/mol. The summed E-state index contributed by atoms with van der Waals surface area (Å²) < 4.78 is 15.0. The fourth-order valence-electron chi connectivity index (χ4n) is 0.181. The summed E-state index contributed by atoms with van der Waals surface area (Å²) in [5, 5.41) is 0. The maximum Gasteiger partial charge on any atom is 0.345 e. The SMILES string of the molecule is C=CC(=O)OC(=O)CF.[Cu]. The van der Waals surface area contributed by atoms with E-state index in [2.05, 4.69) is 11.3 Å². The molecule has 0 aliphatic carbocycles. The molecule has 0 spiro atoms. The molecule has 0 N–H and O–H groups in total. The van der Waals surface area contributed by atoms with E-state index in [0.29, 0.717) is 0 Å². The predicted octanol–water partition coefficient (Wildman–Crippen LogP) is 0.209. The molecule has 0 aromatic rings. The Kier molecular flexibility index (Phi) is 7.77. The second kappa shape index (κ2) is 6.45. The standard InChI is InChI=1S/C5H5FO3.Cu/c1-2-4(7)9-5(8)3-6;/h2H,1,3H2;. The molecule has 0 amide bonds. The number of ether oxygens (including phenoxy) is 1. The van der Waals surface area contributed by atoms with Gasteiger partial charge in [-0.25, -0.2) is 14.0 Å². The van der Waals surface area contributed by atoms with Gasteiger partial charge in [0.05, 0.1) is 0 Å². The first-order valence-corrected chi connectivity index (χ1v) is 2.13. The van der Waals surface area contributed by atoms with Crippen LogP contribution in [0.25, 0.3) is 0 Å². The molecule has 3 nitrogen and oxygen atoms in total. The molecule has 0 atom stereocenters. The van der Waals surface area contributed by atoms with Gasteiger partial charge in [0.25, 0.3) is 0 Å². The first kappa shape index (κ1) is 12.0. The van der Waals surface area contributed by atoms with E-state index in [1.54, 1.807) is 0 Å². The van der Waals surface area contributed by atoms with Crippen LogP contribution in [0.1, 0.15) is 0 Å². The minimum atomic E-state index is -1.29. The summed E-state index contributed by atoms with van der Waals surface area (Å²) in [4.78, 5) is 20.0. The molecule has 0 aliphatic heterocycles. The zero-order valence-corrected chi connectivity index (χ0v) is 5.84. The molecule has 0 unspecified atom stereocenters. The van der Waals surface area contributed by atoms with E-state index in [9.17, 15) is 14.0 Å². The maximum atomic E-state index is 11.2. The van der Waals surface area contributed by atoms with Crippen LogP contribution >= 0.6 is 0 Å². The van der Waals surface area contributed by atoms with Gasteiger partial charge in [-0.15, -0.1) is 0 Å². The summed E-state index contributed by atoms with van der Waals surface area (Å²) in [6.45, 7) is 1.71. The molecule has 0 saturated carbocycles. The molecule has 1 radical (unpaired) electrons. The third-order valence-electron chi connectivity index (χ3n) is 0.490. The van der Waals surface area contributed by atoms with Gasteiger partial charge in [-0.3, -0.25) is 0 Å².